The average Bonchev–Trinajstić information content (AvgIpc) is 3.42. The van der Waals surface area contributed by atoms with Gasteiger partial charge in [-0.3, -0.25) is 9.59 Å². The SMILES string of the molecule is CC1CCc2c(sc(NC(=O)Cc3coc4ccc(Cl)cc34)c2C(=O)NC2CCS(=O)(=O)C2)C1. The molecule has 5 rings (SSSR count). The van der Waals surface area contributed by atoms with E-state index in [0.717, 1.165) is 35.1 Å². The first-order valence-electron chi connectivity index (χ1n) is 11.3. The van der Waals surface area contributed by atoms with Gasteiger partial charge < -0.3 is 15.1 Å². The maximum atomic E-state index is 13.3. The molecule has 0 spiro atoms. The number of amides is 2. The van der Waals surface area contributed by atoms with E-state index in [2.05, 4.69) is 17.6 Å². The number of halogens is 1. The second kappa shape index (κ2) is 9.02. The van der Waals surface area contributed by atoms with E-state index in [1.54, 1.807) is 24.5 Å². The lowest BCUT2D eigenvalue weighted by molar-refractivity contribution is -0.115. The predicted molar refractivity (Wildman–Crippen MR) is 134 cm³/mol. The zero-order chi connectivity index (χ0) is 24.0. The number of thiophene rings is 1. The Balaban J connectivity index is 1.39. The highest BCUT2D eigenvalue weighted by molar-refractivity contribution is 7.91. The Morgan fingerprint density at radius 2 is 2.09 bits per heavy atom. The molecular weight excluding hydrogens is 496 g/mol. The van der Waals surface area contributed by atoms with Crippen LogP contribution in [-0.4, -0.2) is 37.8 Å². The van der Waals surface area contributed by atoms with E-state index in [9.17, 15) is 18.0 Å². The van der Waals surface area contributed by atoms with Crippen LogP contribution in [-0.2, 0) is 33.9 Å². The molecule has 1 aliphatic carbocycles. The molecular formula is C24H25ClN2O5S2. The van der Waals surface area contributed by atoms with Crippen molar-refractivity contribution in [1.29, 1.82) is 0 Å². The Morgan fingerprint density at radius 1 is 1.26 bits per heavy atom. The van der Waals surface area contributed by atoms with Crippen LogP contribution >= 0.6 is 22.9 Å². The summed E-state index contributed by atoms with van der Waals surface area (Å²) in [5.41, 5.74) is 2.81. The zero-order valence-electron chi connectivity index (χ0n) is 18.6. The van der Waals surface area contributed by atoms with Crippen LogP contribution in [0.2, 0.25) is 5.02 Å². The minimum absolute atomic E-state index is 0.0417. The lowest BCUT2D eigenvalue weighted by atomic mass is 9.88. The molecule has 2 atom stereocenters. The van der Waals surface area contributed by atoms with Crippen LogP contribution in [0, 0.1) is 5.92 Å². The second-order valence-corrected chi connectivity index (χ2v) is 13.0. The number of rotatable bonds is 5. The summed E-state index contributed by atoms with van der Waals surface area (Å²) >= 11 is 7.55. The van der Waals surface area contributed by atoms with Gasteiger partial charge in [-0.1, -0.05) is 18.5 Å². The van der Waals surface area contributed by atoms with E-state index in [4.69, 9.17) is 16.0 Å². The highest BCUT2D eigenvalue weighted by Crippen LogP contribution is 2.40. The summed E-state index contributed by atoms with van der Waals surface area (Å²) in [5, 5.41) is 7.70. The first-order chi connectivity index (χ1) is 16.2. The van der Waals surface area contributed by atoms with Gasteiger partial charge in [0.25, 0.3) is 5.91 Å². The lowest BCUT2D eigenvalue weighted by Gasteiger charge is -2.19. The molecule has 2 aliphatic rings. The number of furan rings is 1. The minimum atomic E-state index is -3.11. The van der Waals surface area contributed by atoms with E-state index in [1.165, 1.54) is 11.3 Å². The average molecular weight is 521 g/mol. The first-order valence-corrected chi connectivity index (χ1v) is 14.3. The number of carbonyl (C=O) groups is 2. The van der Waals surface area contributed by atoms with Crippen molar-refractivity contribution in [2.75, 3.05) is 16.8 Å². The zero-order valence-corrected chi connectivity index (χ0v) is 21.0. The van der Waals surface area contributed by atoms with Gasteiger partial charge in [0.05, 0.1) is 29.8 Å². The Labute approximate surface area is 206 Å². The second-order valence-electron chi connectivity index (χ2n) is 9.26. The van der Waals surface area contributed by atoms with Crippen molar-refractivity contribution in [3.8, 4) is 0 Å². The third kappa shape index (κ3) is 4.74. The number of nitrogens with one attached hydrogen (secondary N) is 2. The molecule has 7 nitrogen and oxygen atoms in total. The van der Waals surface area contributed by atoms with Gasteiger partial charge >= 0.3 is 0 Å². The predicted octanol–water partition coefficient (Wildman–Crippen LogP) is 4.37. The van der Waals surface area contributed by atoms with Crippen molar-refractivity contribution in [2.24, 2.45) is 5.92 Å². The number of fused-ring (bicyclic) bond motifs is 2. The number of sulfone groups is 1. The molecule has 1 fully saturated rings. The minimum Gasteiger partial charge on any atom is -0.464 e. The first kappa shape index (κ1) is 23.4. The Hall–Kier alpha value is -2.36. The van der Waals surface area contributed by atoms with Crippen molar-refractivity contribution in [2.45, 2.75) is 45.1 Å². The van der Waals surface area contributed by atoms with E-state index in [1.807, 2.05) is 0 Å². The molecule has 2 aromatic heterocycles. The molecule has 0 saturated carbocycles. The summed E-state index contributed by atoms with van der Waals surface area (Å²) in [6.07, 6.45) is 4.63. The van der Waals surface area contributed by atoms with E-state index in [-0.39, 0.29) is 29.7 Å². The number of anilines is 1. The number of hydrogen-bond acceptors (Lipinski definition) is 6. The molecule has 0 bridgehead atoms. The van der Waals surface area contributed by atoms with Crippen LogP contribution in [0.15, 0.2) is 28.9 Å². The van der Waals surface area contributed by atoms with Gasteiger partial charge in [-0.15, -0.1) is 11.3 Å². The van der Waals surface area contributed by atoms with Crippen molar-refractivity contribution >= 4 is 60.6 Å². The monoisotopic (exact) mass is 520 g/mol. The Kier molecular flexibility index (Phi) is 6.20. The normalized spacial score (nSPS) is 21.4. The molecule has 2 unspecified atom stereocenters. The number of hydrogen-bond donors (Lipinski definition) is 2. The van der Waals surface area contributed by atoms with Crippen LogP contribution in [0.4, 0.5) is 5.00 Å². The summed E-state index contributed by atoms with van der Waals surface area (Å²) in [5.74, 6) is -0.0203. The van der Waals surface area contributed by atoms with Gasteiger partial charge in [0.15, 0.2) is 9.84 Å². The number of carbonyl (C=O) groups excluding carboxylic acids is 2. The highest BCUT2D eigenvalue weighted by atomic mass is 35.5. The van der Waals surface area contributed by atoms with Crippen molar-refractivity contribution in [3.63, 3.8) is 0 Å². The standard InChI is InChI=1S/C24H25ClN2O5S2/c1-13-2-4-17-20(8-13)33-24(22(17)23(29)26-16-6-7-34(30,31)12-16)27-21(28)9-14-11-32-19-5-3-15(25)10-18(14)19/h3,5,10-11,13,16H,2,4,6-9,12H2,1H3,(H,26,29)(H,27,28). The fourth-order valence-corrected chi connectivity index (χ4v) is 8.05. The highest BCUT2D eigenvalue weighted by Gasteiger charge is 2.33. The lowest BCUT2D eigenvalue weighted by Crippen LogP contribution is -2.36. The smallest absolute Gasteiger partial charge is 0.254 e. The van der Waals surface area contributed by atoms with Crippen molar-refractivity contribution in [3.05, 3.63) is 51.1 Å². The molecule has 34 heavy (non-hydrogen) atoms. The van der Waals surface area contributed by atoms with Crippen molar-refractivity contribution in [1.82, 2.24) is 5.32 Å². The summed E-state index contributed by atoms with van der Waals surface area (Å²) < 4.78 is 29.2. The fourth-order valence-electron chi connectivity index (χ4n) is 4.78. The summed E-state index contributed by atoms with van der Waals surface area (Å²) in [6.45, 7) is 2.18. The maximum Gasteiger partial charge on any atom is 0.254 e. The Morgan fingerprint density at radius 3 is 2.85 bits per heavy atom. The quantitative estimate of drug-likeness (QED) is 0.519. The third-order valence-electron chi connectivity index (χ3n) is 6.53. The van der Waals surface area contributed by atoms with Crippen LogP contribution < -0.4 is 10.6 Å². The molecule has 3 aromatic rings. The van der Waals surface area contributed by atoms with Crippen LogP contribution in [0.5, 0.6) is 0 Å². The molecule has 1 saturated heterocycles. The molecule has 0 radical (unpaired) electrons. The fraction of sp³-hybridized carbons (Fsp3) is 0.417. The van der Waals surface area contributed by atoms with E-state index in [0.29, 0.717) is 39.1 Å². The number of benzene rings is 1. The van der Waals surface area contributed by atoms with Gasteiger partial charge in [0.2, 0.25) is 5.91 Å². The topological polar surface area (TPSA) is 105 Å². The summed E-state index contributed by atoms with van der Waals surface area (Å²) in [6, 6.07) is 4.86. The van der Waals surface area contributed by atoms with Gasteiger partial charge in [0.1, 0.15) is 10.6 Å². The molecule has 3 heterocycles. The molecule has 10 heteroatoms. The third-order valence-corrected chi connectivity index (χ3v) is 9.70. The molecule has 180 valence electrons. The molecule has 1 aliphatic heterocycles. The van der Waals surface area contributed by atoms with Gasteiger partial charge in [-0.25, -0.2) is 8.42 Å². The van der Waals surface area contributed by atoms with E-state index < -0.39 is 15.9 Å². The van der Waals surface area contributed by atoms with Crippen LogP contribution in [0.3, 0.4) is 0 Å². The molecule has 1 aromatic carbocycles. The van der Waals surface area contributed by atoms with Crippen molar-refractivity contribution < 1.29 is 22.4 Å². The molecule has 2 amide bonds. The van der Waals surface area contributed by atoms with Crippen LogP contribution in [0.1, 0.15) is 46.1 Å². The van der Waals surface area contributed by atoms with Gasteiger partial charge in [-0.05, 0) is 55.4 Å². The van der Waals surface area contributed by atoms with E-state index >= 15 is 0 Å². The van der Waals surface area contributed by atoms with Gasteiger partial charge in [0, 0.05) is 26.9 Å². The summed E-state index contributed by atoms with van der Waals surface area (Å²) in [4.78, 5) is 27.4. The van der Waals surface area contributed by atoms with Gasteiger partial charge in [-0.2, -0.15) is 0 Å². The maximum absolute atomic E-state index is 13.3. The van der Waals surface area contributed by atoms with Crippen LogP contribution in [0.25, 0.3) is 11.0 Å². The molecule has 2 N–H and O–H groups in total. The Bertz CT molecular complexity index is 1390. The summed E-state index contributed by atoms with van der Waals surface area (Å²) in [7, 11) is -3.11. The largest absolute Gasteiger partial charge is 0.464 e.